The highest BCUT2D eigenvalue weighted by molar-refractivity contribution is 6.33. The Kier molecular flexibility index (Phi) is 5.10. The summed E-state index contributed by atoms with van der Waals surface area (Å²) in [5.74, 6) is -0.255. The largest absolute Gasteiger partial charge is 0.416 e. The van der Waals surface area contributed by atoms with Crippen LogP contribution in [-0.4, -0.2) is 53.8 Å². The number of aliphatic hydroxyl groups excluding tert-OH is 2. The van der Waals surface area contributed by atoms with Gasteiger partial charge in [0.15, 0.2) is 23.1 Å². The van der Waals surface area contributed by atoms with Gasteiger partial charge in [-0.3, -0.25) is 4.57 Å². The summed E-state index contributed by atoms with van der Waals surface area (Å²) in [5, 5.41) is 19.5. The Hall–Kier alpha value is -1.89. The molecule has 1 aliphatic rings. The number of fused-ring (bicyclic) bond motifs is 1. The van der Waals surface area contributed by atoms with E-state index in [1.165, 1.54) is 4.57 Å². The van der Waals surface area contributed by atoms with E-state index < -0.39 is 42.8 Å². The van der Waals surface area contributed by atoms with Crippen LogP contribution in [-0.2, 0) is 11.3 Å². The summed E-state index contributed by atoms with van der Waals surface area (Å²) >= 11 is 6.07. The van der Waals surface area contributed by atoms with Crippen molar-refractivity contribution in [1.82, 2.24) is 19.1 Å². The van der Waals surface area contributed by atoms with Crippen LogP contribution >= 0.6 is 11.6 Å². The van der Waals surface area contributed by atoms with E-state index in [0.717, 1.165) is 4.57 Å². The highest BCUT2D eigenvalue weighted by Gasteiger charge is 2.50. The van der Waals surface area contributed by atoms with E-state index >= 15 is 0 Å². The monoisotopic (exact) mass is 411 g/mol. The summed E-state index contributed by atoms with van der Waals surface area (Å²) in [7, 11) is 0. The highest BCUT2D eigenvalue weighted by Crippen LogP contribution is 2.36. The quantitative estimate of drug-likeness (QED) is 0.635. The van der Waals surface area contributed by atoms with Crippen molar-refractivity contribution in [3.63, 3.8) is 0 Å². The molecule has 0 saturated carbocycles. The first kappa shape index (κ1) is 19.9. The van der Waals surface area contributed by atoms with Crippen molar-refractivity contribution >= 4 is 28.7 Å². The molecule has 0 unspecified atom stereocenters. The average Bonchev–Trinajstić information content (AvgIpc) is 3.04. The normalized spacial score (nSPS) is 24.6. The molecule has 27 heavy (non-hydrogen) atoms. The zero-order valence-corrected chi connectivity index (χ0v) is 14.8. The Morgan fingerprint density at radius 3 is 2.70 bits per heavy atom. The third kappa shape index (κ3) is 3.37. The van der Waals surface area contributed by atoms with Crippen LogP contribution in [0.4, 0.5) is 19.1 Å². The van der Waals surface area contributed by atoms with E-state index in [1.807, 2.05) is 0 Å². The Morgan fingerprint density at radius 2 is 2.11 bits per heavy atom. The fourth-order valence-corrected chi connectivity index (χ4v) is 3.41. The van der Waals surface area contributed by atoms with Gasteiger partial charge in [-0.15, -0.1) is 0 Å². The number of aliphatic hydroxyl groups is 2. The predicted octanol–water partition coefficient (Wildman–Crippen LogP) is 0.810. The molecule has 1 aliphatic heterocycles. The second kappa shape index (κ2) is 6.93. The molecule has 3 heterocycles. The van der Waals surface area contributed by atoms with Crippen LogP contribution in [0.5, 0.6) is 0 Å². The number of hydrogen-bond acceptors (Lipinski definition) is 7. The van der Waals surface area contributed by atoms with Gasteiger partial charge in [0, 0.05) is 13.0 Å². The molecule has 2 aromatic heterocycles. The molecule has 4 atom stereocenters. The number of nitrogens with zero attached hydrogens (tertiary/aromatic N) is 4. The van der Waals surface area contributed by atoms with Gasteiger partial charge in [0.2, 0.25) is 5.95 Å². The molecule has 13 heteroatoms. The van der Waals surface area contributed by atoms with Crippen molar-refractivity contribution in [2.75, 3.05) is 5.73 Å². The molecule has 0 aliphatic carbocycles. The van der Waals surface area contributed by atoms with Gasteiger partial charge in [-0.05, 0) is 6.42 Å². The van der Waals surface area contributed by atoms with Crippen LogP contribution in [0, 0.1) is 0 Å². The lowest BCUT2D eigenvalue weighted by molar-refractivity contribution is -0.237. The number of halogens is 4. The minimum atomic E-state index is -4.93. The van der Waals surface area contributed by atoms with Gasteiger partial charge in [-0.2, -0.15) is 23.1 Å². The van der Waals surface area contributed by atoms with Gasteiger partial charge in [-0.1, -0.05) is 18.5 Å². The molecule has 0 aromatic carbocycles. The molecule has 1 saturated heterocycles. The number of anilines is 1. The predicted molar refractivity (Wildman–Crippen MR) is 88.1 cm³/mol. The number of ether oxygens (including phenoxy) is 1. The summed E-state index contributed by atoms with van der Waals surface area (Å²) in [6.07, 6.45) is -12.4. The maximum Gasteiger partial charge on any atom is 0.416 e. The third-order valence-electron chi connectivity index (χ3n) is 4.28. The standard InChI is InChI=1S/C14H17ClF3N5O4/c1-2-3-22-7-9(15)20-12(19)21-10(7)23(13(22)26)11-5(24)4-6(27-11)8(25)14(16,17)18/h5-6,8,11,24-25H,2-4H2,1H3,(H2,19,20,21)/t5-,6+,8-,11-/m1/s1. The van der Waals surface area contributed by atoms with E-state index in [-0.39, 0.29) is 28.8 Å². The van der Waals surface area contributed by atoms with Crippen molar-refractivity contribution < 1.29 is 28.1 Å². The second-order valence-electron chi connectivity index (χ2n) is 6.20. The fourth-order valence-electron chi connectivity index (χ4n) is 3.14. The van der Waals surface area contributed by atoms with Crippen molar-refractivity contribution in [1.29, 1.82) is 0 Å². The van der Waals surface area contributed by atoms with Gasteiger partial charge in [0.05, 0.1) is 6.10 Å². The van der Waals surface area contributed by atoms with Crippen molar-refractivity contribution in [2.24, 2.45) is 0 Å². The number of aromatic nitrogens is 4. The van der Waals surface area contributed by atoms with E-state index in [4.69, 9.17) is 22.1 Å². The van der Waals surface area contributed by atoms with E-state index in [9.17, 15) is 28.2 Å². The maximum absolute atomic E-state index is 12.8. The molecule has 0 amide bonds. The Bertz CT molecular complexity index is 915. The molecular formula is C14H17ClF3N5O4. The van der Waals surface area contributed by atoms with Crippen LogP contribution in [0.3, 0.4) is 0 Å². The topological polar surface area (TPSA) is 128 Å². The van der Waals surface area contributed by atoms with Gasteiger partial charge >= 0.3 is 11.9 Å². The molecule has 0 bridgehead atoms. The zero-order chi connectivity index (χ0) is 20.1. The fraction of sp³-hybridized carbons (Fsp3) is 0.643. The van der Waals surface area contributed by atoms with E-state index in [1.54, 1.807) is 6.92 Å². The molecule has 4 N–H and O–H groups in total. The summed E-state index contributed by atoms with van der Waals surface area (Å²) in [6.45, 7) is 2.03. The molecule has 0 spiro atoms. The minimum absolute atomic E-state index is 0.0721. The van der Waals surface area contributed by atoms with Crippen LogP contribution in [0.25, 0.3) is 11.2 Å². The van der Waals surface area contributed by atoms with Crippen LogP contribution in [0.2, 0.25) is 5.15 Å². The van der Waals surface area contributed by atoms with Gasteiger partial charge in [0.25, 0.3) is 0 Å². The summed E-state index contributed by atoms with van der Waals surface area (Å²) in [6, 6.07) is 0. The average molecular weight is 412 g/mol. The van der Waals surface area contributed by atoms with Crippen molar-refractivity contribution in [2.45, 2.75) is 57.0 Å². The number of nitrogen functional groups attached to an aromatic ring is 1. The van der Waals surface area contributed by atoms with Crippen LogP contribution in [0.1, 0.15) is 26.0 Å². The second-order valence-corrected chi connectivity index (χ2v) is 6.56. The first-order chi connectivity index (χ1) is 12.6. The number of hydrogen-bond donors (Lipinski definition) is 3. The van der Waals surface area contributed by atoms with Gasteiger partial charge in [0.1, 0.15) is 11.6 Å². The van der Waals surface area contributed by atoms with Gasteiger partial charge < -0.3 is 20.7 Å². The van der Waals surface area contributed by atoms with Crippen molar-refractivity contribution in [3.8, 4) is 0 Å². The Morgan fingerprint density at radius 1 is 1.44 bits per heavy atom. The molecule has 2 aromatic rings. The van der Waals surface area contributed by atoms with Crippen LogP contribution in [0.15, 0.2) is 4.79 Å². The first-order valence-electron chi connectivity index (χ1n) is 8.08. The lowest BCUT2D eigenvalue weighted by Gasteiger charge is -2.21. The van der Waals surface area contributed by atoms with Crippen molar-refractivity contribution in [3.05, 3.63) is 15.6 Å². The summed E-state index contributed by atoms with van der Waals surface area (Å²) in [5.41, 5.74) is 4.94. The third-order valence-corrected chi connectivity index (χ3v) is 4.55. The number of rotatable bonds is 4. The van der Waals surface area contributed by atoms with Crippen LogP contribution < -0.4 is 11.4 Å². The first-order valence-corrected chi connectivity index (χ1v) is 8.46. The van der Waals surface area contributed by atoms with Gasteiger partial charge in [-0.25, -0.2) is 9.36 Å². The lowest BCUT2D eigenvalue weighted by atomic mass is 10.1. The molecule has 9 nitrogen and oxygen atoms in total. The Balaban J connectivity index is 2.12. The lowest BCUT2D eigenvalue weighted by Crippen LogP contribution is -2.39. The minimum Gasteiger partial charge on any atom is -0.388 e. The maximum atomic E-state index is 12.8. The molecule has 0 radical (unpaired) electrons. The molecule has 150 valence electrons. The van der Waals surface area contributed by atoms with E-state index in [2.05, 4.69) is 9.97 Å². The Labute approximate surface area is 155 Å². The number of aryl methyl sites for hydroxylation is 1. The SMILES string of the molecule is CCCn1c(=O)n([C@@H]2O[C@H]([C@@H](O)C(F)(F)F)C[C@H]2O)c2nc(N)nc(Cl)c21. The number of nitrogens with two attached hydrogens (primary N) is 1. The zero-order valence-electron chi connectivity index (χ0n) is 14.0. The molecular weight excluding hydrogens is 395 g/mol. The number of alkyl halides is 3. The summed E-state index contributed by atoms with van der Waals surface area (Å²) < 4.78 is 45.6. The molecule has 1 fully saturated rings. The van der Waals surface area contributed by atoms with E-state index in [0.29, 0.717) is 6.42 Å². The highest BCUT2D eigenvalue weighted by atomic mass is 35.5. The summed E-state index contributed by atoms with van der Waals surface area (Å²) in [4.78, 5) is 20.6. The smallest absolute Gasteiger partial charge is 0.388 e. The number of imidazole rings is 1. The molecule has 3 rings (SSSR count).